The fraction of sp³-hybridized carbons (Fsp3) is 0.333. The lowest BCUT2D eigenvalue weighted by molar-refractivity contribution is 0.559. The first-order valence-corrected chi connectivity index (χ1v) is 8.83. The van der Waals surface area contributed by atoms with Crippen LogP contribution in [0.1, 0.15) is 0 Å². The van der Waals surface area contributed by atoms with Gasteiger partial charge < -0.3 is 0 Å². The van der Waals surface area contributed by atoms with Gasteiger partial charge in [-0.2, -0.15) is 4.80 Å². The Balaban J connectivity index is 1.84. The minimum Gasteiger partial charge on any atom is -0.225 e. The van der Waals surface area contributed by atoms with Gasteiger partial charge in [-0.3, -0.25) is 0 Å². The standard InChI is InChI=1S/C12H12Br2N8/c13-5-7-21-12(16-18-20-21)10-3-1-9(2-4-10)11-15-19-22(17-11)8-6-14/h1-4H,5-8H2. The van der Waals surface area contributed by atoms with Crippen molar-refractivity contribution in [2.75, 3.05) is 10.7 Å². The number of hydrogen-bond donors (Lipinski definition) is 0. The van der Waals surface area contributed by atoms with Crippen LogP contribution in [-0.2, 0) is 13.1 Å². The van der Waals surface area contributed by atoms with Crippen molar-refractivity contribution in [3.8, 4) is 22.8 Å². The van der Waals surface area contributed by atoms with E-state index in [1.165, 1.54) is 0 Å². The molecular formula is C12H12Br2N8. The van der Waals surface area contributed by atoms with Crippen molar-refractivity contribution >= 4 is 31.9 Å². The number of tetrazole rings is 2. The van der Waals surface area contributed by atoms with Crippen LogP contribution >= 0.6 is 31.9 Å². The van der Waals surface area contributed by atoms with Gasteiger partial charge in [0.2, 0.25) is 5.82 Å². The molecule has 0 unspecified atom stereocenters. The van der Waals surface area contributed by atoms with Crippen LogP contribution in [0.15, 0.2) is 24.3 Å². The minimum absolute atomic E-state index is 0.604. The first kappa shape index (κ1) is 15.2. The quantitative estimate of drug-likeness (QED) is 0.557. The fourth-order valence-corrected chi connectivity index (χ4v) is 2.59. The first-order valence-electron chi connectivity index (χ1n) is 6.58. The van der Waals surface area contributed by atoms with Crippen molar-refractivity contribution < 1.29 is 0 Å². The summed E-state index contributed by atoms with van der Waals surface area (Å²) in [7, 11) is 0. The van der Waals surface area contributed by atoms with Gasteiger partial charge in [0.05, 0.1) is 13.1 Å². The highest BCUT2D eigenvalue weighted by Crippen LogP contribution is 2.20. The van der Waals surface area contributed by atoms with Gasteiger partial charge in [0, 0.05) is 21.8 Å². The highest BCUT2D eigenvalue weighted by atomic mass is 79.9. The number of aromatic nitrogens is 8. The smallest absolute Gasteiger partial charge is 0.204 e. The normalized spacial score (nSPS) is 11.0. The van der Waals surface area contributed by atoms with Crippen molar-refractivity contribution in [1.29, 1.82) is 0 Å². The van der Waals surface area contributed by atoms with E-state index in [1.54, 1.807) is 9.48 Å². The van der Waals surface area contributed by atoms with Crippen molar-refractivity contribution in [2.24, 2.45) is 0 Å². The highest BCUT2D eigenvalue weighted by Gasteiger charge is 2.10. The summed E-state index contributed by atoms with van der Waals surface area (Å²) in [6.45, 7) is 1.40. The van der Waals surface area contributed by atoms with Crippen molar-refractivity contribution in [1.82, 2.24) is 40.4 Å². The Labute approximate surface area is 143 Å². The average Bonchev–Trinajstić information content (AvgIpc) is 3.18. The molecular weight excluding hydrogens is 416 g/mol. The van der Waals surface area contributed by atoms with E-state index in [-0.39, 0.29) is 0 Å². The Bertz CT molecular complexity index is 736. The van der Waals surface area contributed by atoms with Gasteiger partial charge in [-0.25, -0.2) is 4.68 Å². The molecule has 114 valence electrons. The number of nitrogens with zero attached hydrogens (tertiary/aromatic N) is 8. The maximum atomic E-state index is 4.32. The van der Waals surface area contributed by atoms with E-state index >= 15 is 0 Å². The molecule has 0 fully saturated rings. The van der Waals surface area contributed by atoms with Crippen molar-refractivity contribution in [3.63, 3.8) is 0 Å². The maximum Gasteiger partial charge on any atom is 0.204 e. The molecule has 0 radical (unpaired) electrons. The lowest BCUT2D eigenvalue weighted by Gasteiger charge is -2.02. The van der Waals surface area contributed by atoms with E-state index in [0.717, 1.165) is 27.6 Å². The molecule has 0 saturated heterocycles. The molecule has 3 aromatic rings. The van der Waals surface area contributed by atoms with E-state index in [4.69, 9.17) is 0 Å². The minimum atomic E-state index is 0.604. The third-order valence-electron chi connectivity index (χ3n) is 2.97. The lowest BCUT2D eigenvalue weighted by atomic mass is 10.1. The molecule has 0 atom stereocenters. The predicted molar refractivity (Wildman–Crippen MR) is 87.7 cm³/mol. The Morgan fingerprint density at radius 3 is 2.32 bits per heavy atom. The number of rotatable bonds is 6. The third kappa shape index (κ3) is 3.22. The van der Waals surface area contributed by atoms with Gasteiger partial charge in [-0.1, -0.05) is 56.1 Å². The molecule has 22 heavy (non-hydrogen) atoms. The summed E-state index contributed by atoms with van der Waals surface area (Å²) in [6.07, 6.45) is 0. The van der Waals surface area contributed by atoms with Crippen LogP contribution in [0.5, 0.6) is 0 Å². The molecule has 10 heteroatoms. The molecule has 8 nitrogen and oxygen atoms in total. The molecule has 2 heterocycles. The summed E-state index contributed by atoms with van der Waals surface area (Å²) >= 11 is 6.74. The van der Waals surface area contributed by atoms with Gasteiger partial charge in [0.15, 0.2) is 5.82 Å². The van der Waals surface area contributed by atoms with Gasteiger partial charge >= 0.3 is 0 Å². The zero-order valence-electron chi connectivity index (χ0n) is 11.5. The number of alkyl halides is 2. The van der Waals surface area contributed by atoms with Crippen LogP contribution in [0, 0.1) is 0 Å². The molecule has 0 saturated carbocycles. The number of benzene rings is 1. The molecule has 0 N–H and O–H groups in total. The molecule has 2 aromatic heterocycles. The van der Waals surface area contributed by atoms with E-state index < -0.39 is 0 Å². The number of halogens is 2. The highest BCUT2D eigenvalue weighted by molar-refractivity contribution is 9.09. The van der Waals surface area contributed by atoms with Gasteiger partial charge in [0.25, 0.3) is 0 Å². The number of aryl methyl sites for hydroxylation is 2. The van der Waals surface area contributed by atoms with Crippen LogP contribution in [-0.4, -0.2) is 51.1 Å². The monoisotopic (exact) mass is 426 g/mol. The van der Waals surface area contributed by atoms with E-state index in [1.807, 2.05) is 24.3 Å². The molecule has 0 aliphatic rings. The fourth-order valence-electron chi connectivity index (χ4n) is 1.94. The van der Waals surface area contributed by atoms with Crippen LogP contribution < -0.4 is 0 Å². The SMILES string of the molecule is BrCCn1nnc(-c2ccc(-c3nnnn3CCBr)cc2)n1. The Kier molecular flexibility index (Phi) is 4.88. The van der Waals surface area contributed by atoms with E-state index in [0.29, 0.717) is 18.9 Å². The summed E-state index contributed by atoms with van der Waals surface area (Å²) in [5, 5.41) is 25.7. The van der Waals surface area contributed by atoms with Gasteiger partial charge in [-0.05, 0) is 15.6 Å². The summed E-state index contributed by atoms with van der Waals surface area (Å²) in [5.41, 5.74) is 1.85. The van der Waals surface area contributed by atoms with Crippen molar-refractivity contribution in [3.05, 3.63) is 24.3 Å². The van der Waals surface area contributed by atoms with E-state index in [9.17, 15) is 0 Å². The molecule has 0 amide bonds. The summed E-state index contributed by atoms with van der Waals surface area (Å²) < 4.78 is 1.76. The lowest BCUT2D eigenvalue weighted by Crippen LogP contribution is -2.03. The van der Waals surface area contributed by atoms with E-state index in [2.05, 4.69) is 62.8 Å². The topological polar surface area (TPSA) is 87.2 Å². The Morgan fingerprint density at radius 1 is 0.864 bits per heavy atom. The summed E-state index contributed by atoms with van der Waals surface area (Å²) in [5.74, 6) is 1.34. The largest absolute Gasteiger partial charge is 0.225 e. The Morgan fingerprint density at radius 2 is 1.59 bits per heavy atom. The molecule has 0 aliphatic carbocycles. The molecule has 3 rings (SSSR count). The zero-order valence-corrected chi connectivity index (χ0v) is 14.6. The molecule has 1 aromatic carbocycles. The molecule has 0 bridgehead atoms. The van der Waals surface area contributed by atoms with Gasteiger partial charge in [0.1, 0.15) is 0 Å². The maximum absolute atomic E-state index is 4.32. The summed E-state index contributed by atoms with van der Waals surface area (Å²) in [6, 6.07) is 7.80. The second-order valence-electron chi connectivity index (χ2n) is 4.39. The van der Waals surface area contributed by atoms with Crippen LogP contribution in [0.2, 0.25) is 0 Å². The van der Waals surface area contributed by atoms with Crippen molar-refractivity contribution in [2.45, 2.75) is 13.1 Å². The average molecular weight is 428 g/mol. The number of hydrogen-bond acceptors (Lipinski definition) is 6. The summed E-state index contributed by atoms with van der Waals surface area (Å²) in [4.78, 5) is 1.56. The third-order valence-corrected chi connectivity index (χ3v) is 3.68. The molecule has 0 aliphatic heterocycles. The second-order valence-corrected chi connectivity index (χ2v) is 5.98. The Hall–Kier alpha value is -1.68. The molecule has 0 spiro atoms. The van der Waals surface area contributed by atoms with Crippen LogP contribution in [0.25, 0.3) is 22.8 Å². The zero-order chi connectivity index (χ0) is 15.4. The first-order chi connectivity index (χ1) is 10.8. The van der Waals surface area contributed by atoms with Gasteiger partial charge in [-0.15, -0.1) is 15.3 Å². The predicted octanol–water partition coefficient (Wildman–Crippen LogP) is 1.78. The van der Waals surface area contributed by atoms with Crippen LogP contribution in [0.4, 0.5) is 0 Å². The van der Waals surface area contributed by atoms with Crippen LogP contribution in [0.3, 0.4) is 0 Å². The second kappa shape index (κ2) is 7.05.